The number of nitrogens with zero attached hydrogens (tertiary/aromatic N) is 3. The molecule has 2 aromatic rings. The molecule has 1 amide bonds. The van der Waals surface area contributed by atoms with Crippen LogP contribution in [0.25, 0.3) is 0 Å². The zero-order chi connectivity index (χ0) is 14.3. The first-order chi connectivity index (χ1) is 9.58. The molecule has 2 aromatic heterocycles. The lowest BCUT2D eigenvalue weighted by molar-refractivity contribution is 0.0939. The molecule has 1 aliphatic carbocycles. The average molecular weight is 272 g/mol. The zero-order valence-corrected chi connectivity index (χ0v) is 12.2. The maximum Gasteiger partial charge on any atom is 0.270 e. The molecule has 2 heterocycles. The van der Waals surface area contributed by atoms with Crippen molar-refractivity contribution in [3.63, 3.8) is 0 Å². The minimum absolute atomic E-state index is 0.0363. The lowest BCUT2D eigenvalue weighted by Crippen LogP contribution is -2.27. The van der Waals surface area contributed by atoms with E-state index in [-0.39, 0.29) is 5.91 Å². The van der Waals surface area contributed by atoms with Gasteiger partial charge in [0, 0.05) is 31.0 Å². The Morgan fingerprint density at radius 1 is 1.40 bits per heavy atom. The molecule has 1 N–H and O–H groups in total. The smallest absolute Gasteiger partial charge is 0.270 e. The number of rotatable bonds is 4. The van der Waals surface area contributed by atoms with E-state index in [1.807, 2.05) is 26.4 Å². The summed E-state index contributed by atoms with van der Waals surface area (Å²) >= 11 is 0. The van der Waals surface area contributed by atoms with Gasteiger partial charge in [-0.1, -0.05) is 0 Å². The summed E-state index contributed by atoms with van der Waals surface area (Å²) in [7, 11) is 3.84. The van der Waals surface area contributed by atoms with Crippen molar-refractivity contribution in [1.82, 2.24) is 19.7 Å². The Kier molecular flexibility index (Phi) is 3.12. The van der Waals surface area contributed by atoms with Gasteiger partial charge in [0.15, 0.2) is 0 Å². The van der Waals surface area contributed by atoms with Crippen LogP contribution in [0.2, 0.25) is 0 Å². The summed E-state index contributed by atoms with van der Waals surface area (Å²) < 4.78 is 3.77. The monoisotopic (exact) mass is 272 g/mol. The first-order valence-corrected chi connectivity index (χ1v) is 6.99. The molecule has 0 aliphatic heterocycles. The number of carbonyl (C=O) groups is 1. The summed E-state index contributed by atoms with van der Waals surface area (Å²) in [6.07, 6.45) is 4.17. The Labute approximate surface area is 118 Å². The van der Waals surface area contributed by atoms with Gasteiger partial charge in [0.1, 0.15) is 5.69 Å². The van der Waals surface area contributed by atoms with Crippen molar-refractivity contribution in [1.29, 1.82) is 0 Å². The van der Waals surface area contributed by atoms with Gasteiger partial charge < -0.3 is 9.88 Å². The molecule has 1 fully saturated rings. The molecule has 0 spiro atoms. The molecule has 0 unspecified atom stereocenters. The Morgan fingerprint density at radius 2 is 2.15 bits per heavy atom. The minimum Gasteiger partial charge on any atom is -0.350 e. The maximum atomic E-state index is 12.4. The van der Waals surface area contributed by atoms with Crippen molar-refractivity contribution < 1.29 is 4.79 Å². The molecule has 106 valence electrons. The number of aryl methyl sites for hydroxylation is 2. The van der Waals surface area contributed by atoms with Gasteiger partial charge in [-0.25, -0.2) is 0 Å². The lowest BCUT2D eigenvalue weighted by Gasteiger charge is -2.09. The van der Waals surface area contributed by atoms with Crippen LogP contribution in [-0.4, -0.2) is 20.3 Å². The molecular formula is C15H20N4O. The standard InChI is InChI=1S/C15H20N4O/c1-10-4-7-12(18(10)2)8-16-15(20)14-13(11-5-6-11)9-17-19(14)3/h4,7,9,11H,5-6,8H2,1-3H3,(H,16,20). The number of carbonyl (C=O) groups excluding carboxylic acids is 1. The fourth-order valence-corrected chi connectivity index (χ4v) is 2.52. The summed E-state index contributed by atoms with van der Waals surface area (Å²) in [5.74, 6) is 0.493. The number of amides is 1. The molecule has 3 rings (SSSR count). The summed E-state index contributed by atoms with van der Waals surface area (Å²) in [5.41, 5.74) is 4.09. The second kappa shape index (κ2) is 4.81. The maximum absolute atomic E-state index is 12.4. The van der Waals surface area contributed by atoms with Crippen molar-refractivity contribution in [2.45, 2.75) is 32.2 Å². The highest BCUT2D eigenvalue weighted by molar-refractivity contribution is 5.94. The number of hydrogen-bond acceptors (Lipinski definition) is 2. The van der Waals surface area contributed by atoms with Crippen LogP contribution < -0.4 is 5.32 Å². The van der Waals surface area contributed by atoms with Gasteiger partial charge in [-0.05, 0) is 37.8 Å². The topological polar surface area (TPSA) is 51.9 Å². The third kappa shape index (κ3) is 2.24. The van der Waals surface area contributed by atoms with Crippen LogP contribution in [-0.2, 0) is 20.6 Å². The predicted octanol–water partition coefficient (Wildman–Crippen LogP) is 1.87. The van der Waals surface area contributed by atoms with Crippen LogP contribution in [0.15, 0.2) is 18.3 Å². The molecule has 5 nitrogen and oxygen atoms in total. The largest absolute Gasteiger partial charge is 0.350 e. The van der Waals surface area contributed by atoms with Crippen molar-refractivity contribution in [3.05, 3.63) is 41.0 Å². The summed E-state index contributed by atoms with van der Waals surface area (Å²) in [4.78, 5) is 12.4. The van der Waals surface area contributed by atoms with E-state index < -0.39 is 0 Å². The van der Waals surface area contributed by atoms with E-state index in [2.05, 4.69) is 28.0 Å². The highest BCUT2D eigenvalue weighted by Crippen LogP contribution is 2.41. The van der Waals surface area contributed by atoms with E-state index in [1.165, 1.54) is 18.5 Å². The summed E-state index contributed by atoms with van der Waals surface area (Å²) in [6, 6.07) is 4.10. The van der Waals surface area contributed by atoms with E-state index in [4.69, 9.17) is 0 Å². The number of hydrogen-bond donors (Lipinski definition) is 1. The Morgan fingerprint density at radius 3 is 2.75 bits per heavy atom. The molecule has 0 bridgehead atoms. The first-order valence-electron chi connectivity index (χ1n) is 6.99. The second-order valence-corrected chi connectivity index (χ2v) is 5.55. The number of aromatic nitrogens is 3. The molecule has 20 heavy (non-hydrogen) atoms. The normalized spacial score (nSPS) is 14.6. The average Bonchev–Trinajstić information content (AvgIpc) is 3.13. The second-order valence-electron chi connectivity index (χ2n) is 5.55. The van der Waals surface area contributed by atoms with Gasteiger partial charge in [-0.2, -0.15) is 5.10 Å². The van der Waals surface area contributed by atoms with E-state index in [9.17, 15) is 4.79 Å². The van der Waals surface area contributed by atoms with Crippen LogP contribution >= 0.6 is 0 Å². The third-order valence-electron chi connectivity index (χ3n) is 4.11. The van der Waals surface area contributed by atoms with Crippen molar-refractivity contribution in [2.24, 2.45) is 14.1 Å². The molecule has 0 radical (unpaired) electrons. The molecular weight excluding hydrogens is 252 g/mol. The third-order valence-corrected chi connectivity index (χ3v) is 4.11. The predicted molar refractivity (Wildman–Crippen MR) is 76.5 cm³/mol. The Bertz CT molecular complexity index is 649. The van der Waals surface area contributed by atoms with Crippen molar-refractivity contribution >= 4 is 5.91 Å². The minimum atomic E-state index is -0.0363. The Hall–Kier alpha value is -2.04. The van der Waals surface area contributed by atoms with Gasteiger partial charge in [-0.3, -0.25) is 9.48 Å². The molecule has 1 saturated carbocycles. The molecule has 0 aromatic carbocycles. The molecule has 0 saturated heterocycles. The molecule has 0 atom stereocenters. The number of nitrogens with one attached hydrogen (secondary N) is 1. The van der Waals surface area contributed by atoms with Crippen LogP contribution in [0.1, 0.15) is 46.2 Å². The van der Waals surface area contributed by atoms with Crippen LogP contribution in [0.5, 0.6) is 0 Å². The first kappa shape index (κ1) is 13.0. The highest BCUT2D eigenvalue weighted by atomic mass is 16.2. The lowest BCUT2D eigenvalue weighted by atomic mass is 10.1. The fourth-order valence-electron chi connectivity index (χ4n) is 2.52. The van der Waals surface area contributed by atoms with E-state index in [0.29, 0.717) is 18.2 Å². The van der Waals surface area contributed by atoms with Gasteiger partial charge in [-0.15, -0.1) is 0 Å². The van der Waals surface area contributed by atoms with E-state index >= 15 is 0 Å². The molecule has 1 aliphatic rings. The van der Waals surface area contributed by atoms with Crippen LogP contribution in [0.4, 0.5) is 0 Å². The SMILES string of the molecule is Cc1ccc(CNC(=O)c2c(C3CC3)cnn2C)n1C. The quantitative estimate of drug-likeness (QED) is 0.924. The van der Waals surface area contributed by atoms with E-state index in [1.54, 1.807) is 4.68 Å². The highest BCUT2D eigenvalue weighted by Gasteiger charge is 2.30. The molecule has 5 heteroatoms. The van der Waals surface area contributed by atoms with Gasteiger partial charge >= 0.3 is 0 Å². The van der Waals surface area contributed by atoms with Gasteiger partial charge in [0.25, 0.3) is 5.91 Å². The van der Waals surface area contributed by atoms with Crippen molar-refractivity contribution in [3.8, 4) is 0 Å². The Balaban J connectivity index is 1.73. The van der Waals surface area contributed by atoms with E-state index in [0.717, 1.165) is 11.3 Å². The van der Waals surface area contributed by atoms with Gasteiger partial charge in [0.2, 0.25) is 0 Å². The van der Waals surface area contributed by atoms with Crippen LogP contribution in [0.3, 0.4) is 0 Å². The summed E-state index contributed by atoms with van der Waals surface area (Å²) in [5, 5.41) is 7.22. The van der Waals surface area contributed by atoms with Crippen molar-refractivity contribution in [2.75, 3.05) is 0 Å². The fraction of sp³-hybridized carbons (Fsp3) is 0.467. The van der Waals surface area contributed by atoms with Crippen LogP contribution in [0, 0.1) is 6.92 Å². The van der Waals surface area contributed by atoms with Gasteiger partial charge in [0.05, 0.1) is 12.7 Å². The zero-order valence-electron chi connectivity index (χ0n) is 12.2. The summed E-state index contributed by atoms with van der Waals surface area (Å²) in [6.45, 7) is 2.59.